The smallest absolute Gasteiger partial charge is 0.123 e. The van der Waals surface area contributed by atoms with Crippen molar-refractivity contribution in [3.05, 3.63) is 34.1 Å². The summed E-state index contributed by atoms with van der Waals surface area (Å²) in [5.74, 6) is -0.205. The molecule has 1 aliphatic rings. The summed E-state index contributed by atoms with van der Waals surface area (Å²) in [6.45, 7) is 6.00. The van der Waals surface area contributed by atoms with Gasteiger partial charge in [-0.2, -0.15) is 0 Å². The molecule has 2 N–H and O–H groups in total. The Morgan fingerprint density at radius 2 is 2.22 bits per heavy atom. The highest BCUT2D eigenvalue weighted by molar-refractivity contribution is 9.10. The maximum absolute atomic E-state index is 13.4. The van der Waals surface area contributed by atoms with Crippen LogP contribution < -0.4 is 5.73 Å². The van der Waals surface area contributed by atoms with E-state index >= 15 is 0 Å². The van der Waals surface area contributed by atoms with Crippen LogP contribution in [0.3, 0.4) is 0 Å². The fraction of sp³-hybridized carbons (Fsp3) is 0.571. The molecule has 0 aliphatic carbocycles. The summed E-state index contributed by atoms with van der Waals surface area (Å²) in [4.78, 5) is 2.40. The molecular weight excluding hydrogens is 295 g/mol. The van der Waals surface area contributed by atoms with Crippen molar-refractivity contribution in [2.75, 3.05) is 13.1 Å². The van der Waals surface area contributed by atoms with Gasteiger partial charge in [0.2, 0.25) is 0 Å². The van der Waals surface area contributed by atoms with Gasteiger partial charge in [-0.05, 0) is 57.0 Å². The second kappa shape index (κ2) is 5.27. The van der Waals surface area contributed by atoms with E-state index in [9.17, 15) is 4.39 Å². The van der Waals surface area contributed by atoms with Crippen molar-refractivity contribution in [2.24, 2.45) is 5.73 Å². The molecule has 1 atom stereocenters. The van der Waals surface area contributed by atoms with Gasteiger partial charge in [0.25, 0.3) is 0 Å². The lowest BCUT2D eigenvalue weighted by atomic mass is 9.97. The zero-order valence-corrected chi connectivity index (χ0v) is 12.5. The number of benzene rings is 1. The molecule has 1 aliphatic heterocycles. The minimum atomic E-state index is -0.205. The quantitative estimate of drug-likeness (QED) is 0.925. The third-order valence-electron chi connectivity index (χ3n) is 3.88. The molecule has 0 amide bonds. The summed E-state index contributed by atoms with van der Waals surface area (Å²) in [6, 6.07) is 4.90. The van der Waals surface area contributed by atoms with E-state index in [1.807, 2.05) is 0 Å². The summed E-state index contributed by atoms with van der Waals surface area (Å²) in [7, 11) is 0. The molecule has 0 bridgehead atoms. The van der Waals surface area contributed by atoms with Gasteiger partial charge in [-0.15, -0.1) is 0 Å². The van der Waals surface area contributed by atoms with Gasteiger partial charge < -0.3 is 5.73 Å². The molecule has 18 heavy (non-hydrogen) atoms. The van der Waals surface area contributed by atoms with Gasteiger partial charge in [0.1, 0.15) is 5.82 Å². The summed E-state index contributed by atoms with van der Waals surface area (Å²) >= 11 is 3.51. The molecule has 2 rings (SSSR count). The number of likely N-dealkylation sites (tertiary alicyclic amines) is 1. The van der Waals surface area contributed by atoms with E-state index in [1.165, 1.54) is 12.5 Å². The summed E-state index contributed by atoms with van der Waals surface area (Å²) in [5.41, 5.74) is 7.03. The van der Waals surface area contributed by atoms with Crippen LogP contribution in [-0.2, 0) is 0 Å². The Labute approximate surface area is 116 Å². The number of halogens is 2. The lowest BCUT2D eigenvalue weighted by molar-refractivity contribution is 0.118. The Kier molecular flexibility index (Phi) is 4.09. The first kappa shape index (κ1) is 14.0. The van der Waals surface area contributed by atoms with Crippen LogP contribution in [0.15, 0.2) is 22.7 Å². The molecule has 0 spiro atoms. The number of nitrogens with two attached hydrogens (primary N) is 1. The second-order valence-corrected chi connectivity index (χ2v) is 6.38. The normalized spacial score (nSPS) is 21.2. The van der Waals surface area contributed by atoms with E-state index in [1.54, 1.807) is 12.1 Å². The highest BCUT2D eigenvalue weighted by Gasteiger charge is 2.37. The van der Waals surface area contributed by atoms with Gasteiger partial charge >= 0.3 is 0 Å². The van der Waals surface area contributed by atoms with Crippen LogP contribution in [0.5, 0.6) is 0 Å². The predicted molar refractivity (Wildman–Crippen MR) is 75.9 cm³/mol. The van der Waals surface area contributed by atoms with Gasteiger partial charge in [0.15, 0.2) is 0 Å². The highest BCUT2D eigenvalue weighted by Crippen LogP contribution is 2.38. The molecular formula is C14H20BrFN2. The van der Waals surface area contributed by atoms with E-state index in [2.05, 4.69) is 34.7 Å². The molecule has 0 radical (unpaired) electrons. The Morgan fingerprint density at radius 1 is 1.50 bits per heavy atom. The molecule has 0 aromatic heterocycles. The molecule has 100 valence electrons. The van der Waals surface area contributed by atoms with Crippen molar-refractivity contribution >= 4 is 15.9 Å². The average Bonchev–Trinajstić information content (AvgIpc) is 2.65. The van der Waals surface area contributed by atoms with Crippen molar-refractivity contribution in [3.8, 4) is 0 Å². The summed E-state index contributed by atoms with van der Waals surface area (Å²) in [5, 5.41) is 0. The fourth-order valence-electron chi connectivity index (χ4n) is 2.90. The maximum atomic E-state index is 13.4. The minimum absolute atomic E-state index is 0.0765. The van der Waals surface area contributed by atoms with E-state index < -0.39 is 0 Å². The second-order valence-electron chi connectivity index (χ2n) is 5.53. The first-order valence-corrected chi connectivity index (χ1v) is 7.17. The zero-order chi connectivity index (χ0) is 13.3. The van der Waals surface area contributed by atoms with Gasteiger partial charge in [-0.3, -0.25) is 4.90 Å². The Morgan fingerprint density at radius 3 is 2.78 bits per heavy atom. The van der Waals surface area contributed by atoms with Crippen molar-refractivity contribution in [3.63, 3.8) is 0 Å². The SMILES string of the molecule is CC1(C)CCCN1C(CN)c1cc(F)ccc1Br. The van der Waals surface area contributed by atoms with Crippen LogP contribution in [0.4, 0.5) is 4.39 Å². The lowest BCUT2D eigenvalue weighted by Crippen LogP contribution is -2.43. The maximum Gasteiger partial charge on any atom is 0.123 e. The Hall–Kier alpha value is -0.450. The van der Waals surface area contributed by atoms with Gasteiger partial charge in [0, 0.05) is 22.6 Å². The van der Waals surface area contributed by atoms with Gasteiger partial charge in [-0.1, -0.05) is 15.9 Å². The molecule has 0 saturated carbocycles. The van der Waals surface area contributed by atoms with Crippen molar-refractivity contribution < 1.29 is 4.39 Å². The van der Waals surface area contributed by atoms with E-state index in [-0.39, 0.29) is 17.4 Å². The molecule has 1 fully saturated rings. The van der Waals surface area contributed by atoms with Crippen molar-refractivity contribution in [2.45, 2.75) is 38.3 Å². The Bertz CT molecular complexity index is 434. The average molecular weight is 315 g/mol. The van der Waals surface area contributed by atoms with Crippen LogP contribution in [0.1, 0.15) is 38.3 Å². The Balaban J connectivity index is 2.36. The molecule has 1 aromatic rings. The minimum Gasteiger partial charge on any atom is -0.329 e. The number of rotatable bonds is 3. The third kappa shape index (κ3) is 2.60. The molecule has 2 nitrogen and oxygen atoms in total. The summed E-state index contributed by atoms with van der Waals surface area (Å²) < 4.78 is 14.4. The number of hydrogen-bond donors (Lipinski definition) is 1. The van der Waals surface area contributed by atoms with E-state index in [0.29, 0.717) is 6.54 Å². The largest absolute Gasteiger partial charge is 0.329 e. The van der Waals surface area contributed by atoms with Crippen LogP contribution in [0.2, 0.25) is 0 Å². The van der Waals surface area contributed by atoms with Crippen LogP contribution in [0.25, 0.3) is 0 Å². The molecule has 1 saturated heterocycles. The van der Waals surface area contributed by atoms with E-state index in [4.69, 9.17) is 5.73 Å². The predicted octanol–water partition coefficient (Wildman–Crippen LogP) is 3.46. The first-order chi connectivity index (χ1) is 8.45. The van der Waals surface area contributed by atoms with Crippen molar-refractivity contribution in [1.29, 1.82) is 0 Å². The highest BCUT2D eigenvalue weighted by atomic mass is 79.9. The van der Waals surface area contributed by atoms with Gasteiger partial charge in [-0.25, -0.2) is 4.39 Å². The molecule has 1 unspecified atom stereocenters. The first-order valence-electron chi connectivity index (χ1n) is 6.37. The topological polar surface area (TPSA) is 29.3 Å². The van der Waals surface area contributed by atoms with Crippen LogP contribution in [0, 0.1) is 5.82 Å². The molecule has 4 heteroatoms. The van der Waals surface area contributed by atoms with Crippen LogP contribution in [-0.4, -0.2) is 23.5 Å². The lowest BCUT2D eigenvalue weighted by Gasteiger charge is -2.38. The van der Waals surface area contributed by atoms with E-state index in [0.717, 1.165) is 23.0 Å². The van der Waals surface area contributed by atoms with Gasteiger partial charge in [0.05, 0.1) is 0 Å². The number of hydrogen-bond acceptors (Lipinski definition) is 2. The summed E-state index contributed by atoms with van der Waals surface area (Å²) in [6.07, 6.45) is 2.34. The number of nitrogens with zero attached hydrogens (tertiary/aromatic N) is 1. The van der Waals surface area contributed by atoms with Crippen LogP contribution >= 0.6 is 15.9 Å². The molecule has 1 aromatic carbocycles. The molecule has 1 heterocycles. The van der Waals surface area contributed by atoms with Crippen molar-refractivity contribution in [1.82, 2.24) is 4.90 Å². The monoisotopic (exact) mass is 314 g/mol. The third-order valence-corrected chi connectivity index (χ3v) is 4.60. The standard InChI is InChI=1S/C14H20BrFN2/c1-14(2)6-3-7-18(14)13(9-17)11-8-10(16)4-5-12(11)15/h4-5,8,13H,3,6-7,9,17H2,1-2H3. The fourth-order valence-corrected chi connectivity index (χ4v) is 3.41. The zero-order valence-electron chi connectivity index (χ0n) is 10.9.